The van der Waals surface area contributed by atoms with Crippen molar-refractivity contribution in [2.75, 3.05) is 6.54 Å². The van der Waals surface area contributed by atoms with Crippen LogP contribution in [0.1, 0.15) is 34.0 Å². The molecule has 0 aromatic heterocycles. The summed E-state index contributed by atoms with van der Waals surface area (Å²) in [7, 11) is 0. The van der Waals surface area contributed by atoms with Crippen LogP contribution in [0.2, 0.25) is 0 Å². The van der Waals surface area contributed by atoms with Gasteiger partial charge in [0.15, 0.2) is 0 Å². The standard InChI is InChI=1S/C27H24N2O5/c1-27(23-14-12-21(18-30)13-15-23)25(32)28(17-24(31)34-19-22-10-6-3-7-11-22)26(33)29(27)16-20-8-4-2-5-9-20/h2-15,18H,16-17,19H2,1H3/t27-/m0/s1. The number of urea groups is 1. The summed E-state index contributed by atoms with van der Waals surface area (Å²) in [5.74, 6) is -1.20. The van der Waals surface area contributed by atoms with Gasteiger partial charge in [0.1, 0.15) is 25.0 Å². The van der Waals surface area contributed by atoms with Gasteiger partial charge in [0, 0.05) is 12.1 Å². The average molecular weight is 456 g/mol. The largest absolute Gasteiger partial charge is 0.459 e. The summed E-state index contributed by atoms with van der Waals surface area (Å²) < 4.78 is 5.30. The molecule has 0 radical (unpaired) electrons. The van der Waals surface area contributed by atoms with E-state index in [1.54, 1.807) is 31.2 Å². The monoisotopic (exact) mass is 456 g/mol. The highest BCUT2D eigenvalue weighted by atomic mass is 16.5. The number of amides is 3. The lowest BCUT2D eigenvalue weighted by molar-refractivity contribution is -0.149. The van der Waals surface area contributed by atoms with Crippen molar-refractivity contribution in [3.05, 3.63) is 107 Å². The smallest absolute Gasteiger partial charge is 0.328 e. The zero-order chi connectivity index (χ0) is 24.1. The number of hydrogen-bond donors (Lipinski definition) is 0. The Bertz CT molecular complexity index is 1190. The minimum Gasteiger partial charge on any atom is -0.459 e. The first-order chi connectivity index (χ1) is 16.4. The van der Waals surface area contributed by atoms with Crippen LogP contribution in [0.4, 0.5) is 4.79 Å². The van der Waals surface area contributed by atoms with E-state index in [2.05, 4.69) is 0 Å². The number of esters is 1. The molecular formula is C27H24N2O5. The molecule has 7 heteroatoms. The van der Waals surface area contributed by atoms with Crippen molar-refractivity contribution in [2.45, 2.75) is 25.6 Å². The highest BCUT2D eigenvalue weighted by Gasteiger charge is 2.55. The number of carbonyl (C=O) groups excluding carboxylic acids is 4. The maximum atomic E-state index is 13.6. The van der Waals surface area contributed by atoms with E-state index in [9.17, 15) is 19.2 Å². The number of hydrogen-bond acceptors (Lipinski definition) is 5. The van der Waals surface area contributed by atoms with E-state index < -0.39 is 30.0 Å². The first-order valence-electron chi connectivity index (χ1n) is 10.9. The molecule has 3 aromatic rings. The molecule has 1 saturated heterocycles. The Kier molecular flexibility index (Phi) is 6.54. The predicted octanol–water partition coefficient (Wildman–Crippen LogP) is 3.92. The third kappa shape index (κ3) is 4.45. The minimum absolute atomic E-state index is 0.0497. The first-order valence-corrected chi connectivity index (χ1v) is 10.9. The molecule has 4 rings (SSSR count). The molecule has 172 valence electrons. The highest BCUT2D eigenvalue weighted by Crippen LogP contribution is 2.38. The second-order valence-corrected chi connectivity index (χ2v) is 8.20. The fourth-order valence-corrected chi connectivity index (χ4v) is 4.01. The molecule has 7 nitrogen and oxygen atoms in total. The quantitative estimate of drug-likeness (QED) is 0.291. The Balaban J connectivity index is 1.60. The molecular weight excluding hydrogens is 432 g/mol. The van der Waals surface area contributed by atoms with Gasteiger partial charge in [-0.05, 0) is 23.6 Å². The van der Waals surface area contributed by atoms with Gasteiger partial charge in [-0.25, -0.2) is 4.79 Å². The van der Waals surface area contributed by atoms with E-state index in [0.29, 0.717) is 17.4 Å². The van der Waals surface area contributed by atoms with Gasteiger partial charge in [-0.2, -0.15) is 0 Å². The molecule has 1 aliphatic rings. The van der Waals surface area contributed by atoms with Crippen LogP contribution in [0, 0.1) is 0 Å². The molecule has 1 atom stereocenters. The lowest BCUT2D eigenvalue weighted by Crippen LogP contribution is -2.44. The van der Waals surface area contributed by atoms with E-state index in [1.165, 1.54) is 4.90 Å². The number of carbonyl (C=O) groups is 4. The second kappa shape index (κ2) is 9.70. The van der Waals surface area contributed by atoms with Crippen LogP contribution in [0.3, 0.4) is 0 Å². The summed E-state index contributed by atoms with van der Waals surface area (Å²) >= 11 is 0. The number of ether oxygens (including phenoxy) is 1. The van der Waals surface area contributed by atoms with Crippen molar-refractivity contribution in [1.29, 1.82) is 0 Å². The lowest BCUT2D eigenvalue weighted by atomic mass is 9.89. The van der Waals surface area contributed by atoms with Crippen LogP contribution in [0.5, 0.6) is 0 Å². The summed E-state index contributed by atoms with van der Waals surface area (Å²) in [5.41, 5.74) is 1.30. The highest BCUT2D eigenvalue weighted by molar-refractivity contribution is 6.08. The van der Waals surface area contributed by atoms with Gasteiger partial charge in [-0.15, -0.1) is 0 Å². The van der Waals surface area contributed by atoms with Crippen molar-refractivity contribution >= 4 is 24.2 Å². The van der Waals surface area contributed by atoms with Crippen LogP contribution in [-0.2, 0) is 33.0 Å². The predicted molar refractivity (Wildman–Crippen MR) is 125 cm³/mol. The topological polar surface area (TPSA) is 84.0 Å². The second-order valence-electron chi connectivity index (χ2n) is 8.20. The number of aldehydes is 1. The van der Waals surface area contributed by atoms with Crippen LogP contribution < -0.4 is 0 Å². The van der Waals surface area contributed by atoms with E-state index >= 15 is 0 Å². The first kappa shape index (κ1) is 22.9. The summed E-state index contributed by atoms with van der Waals surface area (Å²) in [4.78, 5) is 53.0. The van der Waals surface area contributed by atoms with Crippen molar-refractivity contribution in [3.8, 4) is 0 Å². The van der Waals surface area contributed by atoms with Gasteiger partial charge in [0.25, 0.3) is 5.91 Å². The van der Waals surface area contributed by atoms with Crippen molar-refractivity contribution in [3.63, 3.8) is 0 Å². The van der Waals surface area contributed by atoms with Crippen LogP contribution in [0.25, 0.3) is 0 Å². The average Bonchev–Trinajstić information content (AvgIpc) is 3.05. The van der Waals surface area contributed by atoms with Gasteiger partial charge in [-0.1, -0.05) is 84.9 Å². The molecule has 3 aromatic carbocycles. The molecule has 0 unspecified atom stereocenters. The van der Waals surface area contributed by atoms with Gasteiger partial charge in [0.05, 0.1) is 0 Å². The fourth-order valence-electron chi connectivity index (χ4n) is 4.01. The molecule has 0 saturated carbocycles. The molecule has 0 aliphatic carbocycles. The number of imide groups is 1. The number of benzene rings is 3. The maximum absolute atomic E-state index is 13.6. The summed E-state index contributed by atoms with van der Waals surface area (Å²) in [6.45, 7) is 1.39. The Morgan fingerprint density at radius 3 is 2.06 bits per heavy atom. The maximum Gasteiger partial charge on any atom is 0.328 e. The van der Waals surface area contributed by atoms with Crippen LogP contribution >= 0.6 is 0 Å². The van der Waals surface area contributed by atoms with Crippen molar-refractivity contribution in [1.82, 2.24) is 9.80 Å². The third-order valence-electron chi connectivity index (χ3n) is 5.99. The Labute approximate surface area is 197 Å². The van der Waals surface area contributed by atoms with E-state index in [4.69, 9.17) is 4.74 Å². The van der Waals surface area contributed by atoms with Crippen molar-refractivity contribution in [2.24, 2.45) is 0 Å². The molecule has 0 bridgehead atoms. The Morgan fingerprint density at radius 1 is 0.882 bits per heavy atom. The summed E-state index contributed by atoms with van der Waals surface area (Å²) in [6, 6.07) is 24.4. The summed E-state index contributed by atoms with van der Waals surface area (Å²) in [6.07, 6.45) is 0.713. The van der Waals surface area contributed by atoms with Gasteiger partial charge in [-0.3, -0.25) is 19.3 Å². The molecule has 0 spiro atoms. The molecule has 0 N–H and O–H groups in total. The molecule has 3 amide bonds. The Morgan fingerprint density at radius 2 is 1.47 bits per heavy atom. The van der Waals surface area contributed by atoms with Gasteiger partial charge in [0.2, 0.25) is 0 Å². The zero-order valence-electron chi connectivity index (χ0n) is 18.7. The van der Waals surface area contributed by atoms with Crippen molar-refractivity contribution < 1.29 is 23.9 Å². The number of nitrogens with zero attached hydrogens (tertiary/aromatic N) is 2. The Hall–Kier alpha value is -4.26. The molecule has 34 heavy (non-hydrogen) atoms. The van der Waals surface area contributed by atoms with E-state index in [0.717, 1.165) is 16.0 Å². The van der Waals surface area contributed by atoms with E-state index in [1.807, 2.05) is 60.7 Å². The van der Waals surface area contributed by atoms with Gasteiger partial charge < -0.3 is 9.64 Å². The van der Waals surface area contributed by atoms with E-state index in [-0.39, 0.29) is 13.2 Å². The SMILES string of the molecule is C[C@]1(c2ccc(C=O)cc2)C(=O)N(CC(=O)OCc2ccccc2)C(=O)N1Cc1ccccc1. The molecule has 1 heterocycles. The molecule has 1 fully saturated rings. The normalized spacial score (nSPS) is 17.7. The van der Waals surface area contributed by atoms with Crippen LogP contribution in [-0.4, -0.2) is 40.5 Å². The van der Waals surface area contributed by atoms with Crippen LogP contribution in [0.15, 0.2) is 84.9 Å². The molecule has 1 aliphatic heterocycles. The summed E-state index contributed by atoms with van der Waals surface area (Å²) in [5, 5.41) is 0. The lowest BCUT2D eigenvalue weighted by Gasteiger charge is -2.32. The van der Waals surface area contributed by atoms with Gasteiger partial charge >= 0.3 is 12.0 Å². The fraction of sp³-hybridized carbons (Fsp3) is 0.185. The minimum atomic E-state index is -1.35. The zero-order valence-corrected chi connectivity index (χ0v) is 18.7. The third-order valence-corrected chi connectivity index (χ3v) is 5.99. The number of rotatable bonds is 8.